The molecule has 5 nitrogen and oxygen atoms in total. The molecule has 1 aliphatic carbocycles. The van der Waals surface area contributed by atoms with Crippen LogP contribution in [0, 0.1) is 0 Å². The van der Waals surface area contributed by atoms with Gasteiger partial charge in [0.15, 0.2) is 5.16 Å². The zero-order valence-electron chi connectivity index (χ0n) is 11.9. The van der Waals surface area contributed by atoms with Gasteiger partial charge in [-0.3, -0.25) is 4.79 Å². The Morgan fingerprint density at radius 1 is 1.38 bits per heavy atom. The summed E-state index contributed by atoms with van der Waals surface area (Å²) >= 11 is 3.06. The maximum Gasteiger partial charge on any atom is 0.230 e. The van der Waals surface area contributed by atoms with E-state index in [1.54, 1.807) is 11.3 Å². The van der Waals surface area contributed by atoms with E-state index in [1.165, 1.54) is 35.0 Å². The lowest BCUT2D eigenvalue weighted by atomic mass is 9.97. The van der Waals surface area contributed by atoms with E-state index in [0.29, 0.717) is 23.3 Å². The summed E-state index contributed by atoms with van der Waals surface area (Å²) in [5.41, 5.74) is 7.48. The van der Waals surface area contributed by atoms with Crippen LogP contribution in [0.4, 0.5) is 5.82 Å². The molecule has 112 valence electrons. The van der Waals surface area contributed by atoms with Gasteiger partial charge < -0.3 is 11.1 Å². The van der Waals surface area contributed by atoms with Gasteiger partial charge in [-0.05, 0) is 38.2 Å². The maximum atomic E-state index is 11.5. The molecule has 0 spiro atoms. The van der Waals surface area contributed by atoms with Crippen molar-refractivity contribution in [1.82, 2.24) is 15.3 Å². The second kappa shape index (κ2) is 6.19. The van der Waals surface area contributed by atoms with Crippen molar-refractivity contribution in [3.05, 3.63) is 10.4 Å². The van der Waals surface area contributed by atoms with Crippen molar-refractivity contribution >= 4 is 45.0 Å². The molecule has 0 atom stereocenters. The first kappa shape index (κ1) is 14.6. The van der Waals surface area contributed by atoms with E-state index in [2.05, 4.69) is 15.3 Å². The molecule has 0 fully saturated rings. The number of hydrogen-bond donors (Lipinski definition) is 2. The summed E-state index contributed by atoms with van der Waals surface area (Å²) in [5, 5.41) is 4.39. The average molecular weight is 322 g/mol. The van der Waals surface area contributed by atoms with E-state index in [-0.39, 0.29) is 5.91 Å². The number of aryl methyl sites for hydroxylation is 2. The fourth-order valence-electron chi connectivity index (χ4n) is 2.61. The van der Waals surface area contributed by atoms with Crippen LogP contribution in [0.5, 0.6) is 0 Å². The molecule has 0 unspecified atom stereocenters. The molecular formula is C14H18N4OS2. The molecule has 0 radical (unpaired) electrons. The second-order valence-corrected chi connectivity index (χ2v) is 7.05. The van der Waals surface area contributed by atoms with Gasteiger partial charge in [0.25, 0.3) is 0 Å². The number of thiophene rings is 1. The number of carbonyl (C=O) groups is 1. The SMILES string of the molecule is CCNC(=O)CSc1nc(N)c2c3c(sc2n1)CCCC3. The number of nitrogen functional groups attached to an aromatic ring is 1. The number of carbonyl (C=O) groups excluding carboxylic acids is 1. The number of hydrogen-bond acceptors (Lipinski definition) is 6. The highest BCUT2D eigenvalue weighted by Gasteiger charge is 2.20. The number of rotatable bonds is 4. The third kappa shape index (κ3) is 2.98. The lowest BCUT2D eigenvalue weighted by molar-refractivity contribution is -0.118. The Bertz CT molecular complexity index is 683. The van der Waals surface area contributed by atoms with Crippen LogP contribution in [0.15, 0.2) is 5.16 Å². The van der Waals surface area contributed by atoms with Crippen molar-refractivity contribution in [2.45, 2.75) is 37.8 Å². The Labute approximate surface area is 131 Å². The summed E-state index contributed by atoms with van der Waals surface area (Å²) in [4.78, 5) is 22.8. The van der Waals surface area contributed by atoms with Crippen molar-refractivity contribution in [2.24, 2.45) is 0 Å². The predicted octanol–water partition coefficient (Wildman–Crippen LogP) is 2.38. The Morgan fingerprint density at radius 3 is 3.00 bits per heavy atom. The normalized spacial score (nSPS) is 14.1. The quantitative estimate of drug-likeness (QED) is 0.667. The van der Waals surface area contributed by atoms with E-state index >= 15 is 0 Å². The number of anilines is 1. The number of fused-ring (bicyclic) bond motifs is 3. The summed E-state index contributed by atoms with van der Waals surface area (Å²) in [7, 11) is 0. The molecule has 0 saturated heterocycles. The van der Waals surface area contributed by atoms with Gasteiger partial charge in [-0.25, -0.2) is 9.97 Å². The number of nitrogens with zero attached hydrogens (tertiary/aromatic N) is 2. The van der Waals surface area contributed by atoms with E-state index in [1.807, 2.05) is 6.92 Å². The van der Waals surface area contributed by atoms with Crippen molar-refractivity contribution in [1.29, 1.82) is 0 Å². The minimum Gasteiger partial charge on any atom is -0.383 e. The standard InChI is InChI=1S/C14H18N4OS2/c1-2-16-10(19)7-20-14-17-12(15)11-8-5-3-4-6-9(8)21-13(11)18-14/h2-7H2,1H3,(H,16,19)(H2,15,17,18). The largest absolute Gasteiger partial charge is 0.383 e. The first-order valence-corrected chi connectivity index (χ1v) is 8.96. The first-order chi connectivity index (χ1) is 10.2. The molecule has 1 amide bonds. The molecule has 3 rings (SSSR count). The summed E-state index contributed by atoms with van der Waals surface area (Å²) < 4.78 is 0. The minimum absolute atomic E-state index is 0.00441. The van der Waals surface area contributed by atoms with Gasteiger partial charge in [-0.1, -0.05) is 11.8 Å². The number of nitrogens with two attached hydrogens (primary N) is 1. The highest BCUT2D eigenvalue weighted by atomic mass is 32.2. The Morgan fingerprint density at radius 2 is 2.19 bits per heavy atom. The number of aromatic nitrogens is 2. The van der Waals surface area contributed by atoms with Gasteiger partial charge >= 0.3 is 0 Å². The van der Waals surface area contributed by atoms with Crippen molar-refractivity contribution in [3.8, 4) is 0 Å². The molecular weight excluding hydrogens is 304 g/mol. The Balaban J connectivity index is 1.87. The van der Waals surface area contributed by atoms with E-state index in [4.69, 9.17) is 5.73 Å². The molecule has 0 aliphatic heterocycles. The molecule has 2 aromatic rings. The second-order valence-electron chi connectivity index (χ2n) is 5.02. The van der Waals surface area contributed by atoms with Crippen LogP contribution in [-0.4, -0.2) is 28.2 Å². The molecule has 0 bridgehead atoms. The van der Waals surface area contributed by atoms with Crippen LogP contribution in [-0.2, 0) is 17.6 Å². The molecule has 21 heavy (non-hydrogen) atoms. The highest BCUT2D eigenvalue weighted by Crippen LogP contribution is 2.38. The van der Waals surface area contributed by atoms with E-state index in [0.717, 1.165) is 23.1 Å². The van der Waals surface area contributed by atoms with Crippen molar-refractivity contribution in [3.63, 3.8) is 0 Å². The zero-order chi connectivity index (χ0) is 14.8. The summed E-state index contributed by atoms with van der Waals surface area (Å²) in [6, 6.07) is 0. The molecule has 2 heterocycles. The third-order valence-electron chi connectivity index (χ3n) is 3.53. The summed E-state index contributed by atoms with van der Waals surface area (Å²) in [6.45, 7) is 2.54. The number of thioether (sulfide) groups is 1. The maximum absolute atomic E-state index is 11.5. The van der Waals surface area contributed by atoms with Crippen LogP contribution in [0.2, 0.25) is 0 Å². The van der Waals surface area contributed by atoms with Gasteiger partial charge in [0.1, 0.15) is 10.6 Å². The smallest absolute Gasteiger partial charge is 0.230 e. The Hall–Kier alpha value is -1.34. The van der Waals surface area contributed by atoms with Crippen LogP contribution >= 0.6 is 23.1 Å². The van der Waals surface area contributed by atoms with Crippen LogP contribution in [0.3, 0.4) is 0 Å². The monoisotopic (exact) mass is 322 g/mol. The van der Waals surface area contributed by atoms with Gasteiger partial charge in [0, 0.05) is 11.4 Å². The molecule has 1 aliphatic rings. The molecule has 3 N–H and O–H groups in total. The average Bonchev–Trinajstić information content (AvgIpc) is 2.84. The van der Waals surface area contributed by atoms with Crippen molar-refractivity contribution < 1.29 is 4.79 Å². The lowest BCUT2D eigenvalue weighted by Crippen LogP contribution is -2.24. The van der Waals surface area contributed by atoms with Crippen LogP contribution < -0.4 is 11.1 Å². The van der Waals surface area contributed by atoms with Gasteiger partial charge in [0.2, 0.25) is 5.91 Å². The number of amides is 1. The van der Waals surface area contributed by atoms with Gasteiger partial charge in [0.05, 0.1) is 11.1 Å². The summed E-state index contributed by atoms with van der Waals surface area (Å²) in [5.74, 6) is 0.872. The molecule has 7 heteroatoms. The molecule has 2 aromatic heterocycles. The number of nitrogens with one attached hydrogen (secondary N) is 1. The Kier molecular flexibility index (Phi) is 4.30. The van der Waals surface area contributed by atoms with Crippen molar-refractivity contribution in [2.75, 3.05) is 18.0 Å². The van der Waals surface area contributed by atoms with Gasteiger partial charge in [-0.2, -0.15) is 0 Å². The van der Waals surface area contributed by atoms with E-state index in [9.17, 15) is 4.79 Å². The van der Waals surface area contributed by atoms with Crippen LogP contribution in [0.1, 0.15) is 30.2 Å². The summed E-state index contributed by atoms with van der Waals surface area (Å²) in [6.07, 6.45) is 4.66. The van der Waals surface area contributed by atoms with E-state index < -0.39 is 0 Å². The van der Waals surface area contributed by atoms with Crippen LogP contribution in [0.25, 0.3) is 10.2 Å². The third-order valence-corrected chi connectivity index (χ3v) is 5.56. The lowest BCUT2D eigenvalue weighted by Gasteiger charge is -2.10. The topological polar surface area (TPSA) is 80.9 Å². The fraction of sp³-hybridized carbons (Fsp3) is 0.500. The first-order valence-electron chi connectivity index (χ1n) is 7.16. The fourth-order valence-corrected chi connectivity index (χ4v) is 4.62. The zero-order valence-corrected chi connectivity index (χ0v) is 13.6. The predicted molar refractivity (Wildman–Crippen MR) is 87.9 cm³/mol. The molecule has 0 aromatic carbocycles. The highest BCUT2D eigenvalue weighted by molar-refractivity contribution is 7.99. The minimum atomic E-state index is -0.00441. The molecule has 0 saturated carbocycles. The van der Waals surface area contributed by atoms with Gasteiger partial charge in [-0.15, -0.1) is 11.3 Å².